The van der Waals surface area contributed by atoms with Gasteiger partial charge in [-0.1, -0.05) is 31.9 Å². The first-order valence-electron chi connectivity index (χ1n) is 1.34. The summed E-state index contributed by atoms with van der Waals surface area (Å²) >= 11 is 5.94. The van der Waals surface area contributed by atoms with Gasteiger partial charge < -0.3 is 0 Å². The molecule has 0 amide bonds. The van der Waals surface area contributed by atoms with Gasteiger partial charge in [-0.15, -0.1) is 0 Å². The molecule has 0 aromatic rings. The number of hydrogen-bond donors (Lipinski definition) is 0. The molecule has 1 nitrogen and oxygen atoms in total. The first-order chi connectivity index (χ1) is 2.81. The molecular weight excluding hydrogens is 212 g/mol. The lowest BCUT2D eigenvalue weighted by Gasteiger charge is -1.77. The Morgan fingerprint density at radius 3 is 2.33 bits per heavy atom. The van der Waals surface area contributed by atoms with E-state index in [2.05, 4.69) is 31.9 Å². The second-order valence-corrected chi connectivity index (χ2v) is 2.18. The van der Waals surface area contributed by atoms with Gasteiger partial charge in [-0.25, -0.2) is 5.11 Å². The minimum atomic E-state index is -0.189. The number of halogens is 2. The van der Waals surface area contributed by atoms with Crippen LogP contribution in [-0.4, -0.2) is 6.61 Å². The summed E-state index contributed by atoms with van der Waals surface area (Å²) in [5, 5.41) is 9.72. The Morgan fingerprint density at radius 1 is 1.83 bits per heavy atom. The topological polar surface area (TPSA) is 19.9 Å². The van der Waals surface area contributed by atoms with Crippen molar-refractivity contribution in [2.24, 2.45) is 0 Å². The fourth-order valence-corrected chi connectivity index (χ4v) is 0.164. The SMILES string of the molecule is [O]CC(Br)=CBr. The molecule has 0 aromatic carbocycles. The highest BCUT2D eigenvalue weighted by atomic mass is 79.9. The van der Waals surface area contributed by atoms with E-state index in [4.69, 9.17) is 0 Å². The lowest BCUT2D eigenvalue weighted by molar-refractivity contribution is 0.230. The predicted molar refractivity (Wildman–Crippen MR) is 31.5 cm³/mol. The monoisotopic (exact) mass is 213 g/mol. The fourth-order valence-electron chi connectivity index (χ4n) is 0.0315. The maximum absolute atomic E-state index is 9.72. The van der Waals surface area contributed by atoms with Crippen molar-refractivity contribution < 1.29 is 5.11 Å². The molecule has 0 saturated carbocycles. The van der Waals surface area contributed by atoms with Crippen LogP contribution in [0.2, 0.25) is 0 Å². The van der Waals surface area contributed by atoms with E-state index in [9.17, 15) is 5.11 Å². The van der Waals surface area contributed by atoms with Crippen molar-refractivity contribution in [3.63, 3.8) is 0 Å². The van der Waals surface area contributed by atoms with Gasteiger partial charge in [0.05, 0.1) is 0 Å². The molecule has 6 heavy (non-hydrogen) atoms. The maximum atomic E-state index is 9.72. The minimum absolute atomic E-state index is 0.189. The third kappa shape index (κ3) is 2.87. The predicted octanol–water partition coefficient (Wildman–Crippen LogP) is 2.05. The Balaban J connectivity index is 3.22. The van der Waals surface area contributed by atoms with Crippen molar-refractivity contribution in [3.8, 4) is 0 Å². The Bertz CT molecular complexity index is 59.8. The molecule has 0 spiro atoms. The Kier molecular flexibility index (Phi) is 4.26. The summed E-state index contributed by atoms with van der Waals surface area (Å²) < 4.78 is 0.641. The normalized spacial score (nSPS) is 12.2. The van der Waals surface area contributed by atoms with Crippen LogP contribution in [0.3, 0.4) is 0 Å². The molecule has 0 aliphatic heterocycles. The Hall–Kier alpha value is 0.660. The highest BCUT2D eigenvalue weighted by Gasteiger charge is 1.80. The maximum Gasteiger partial charge on any atom is 0.114 e. The van der Waals surface area contributed by atoms with E-state index in [-0.39, 0.29) is 6.61 Å². The van der Waals surface area contributed by atoms with Crippen LogP contribution < -0.4 is 0 Å². The molecule has 0 unspecified atom stereocenters. The molecule has 0 aliphatic rings. The molecule has 0 rings (SSSR count). The van der Waals surface area contributed by atoms with Crippen LogP contribution in [0.4, 0.5) is 0 Å². The summed E-state index contributed by atoms with van der Waals surface area (Å²) in [5.74, 6) is 0. The van der Waals surface area contributed by atoms with Gasteiger partial charge in [0.1, 0.15) is 6.61 Å². The quantitative estimate of drug-likeness (QED) is 0.637. The van der Waals surface area contributed by atoms with Gasteiger partial charge >= 0.3 is 0 Å². The Labute approximate surface area is 53.3 Å². The van der Waals surface area contributed by atoms with Crippen LogP contribution >= 0.6 is 31.9 Å². The smallest absolute Gasteiger partial charge is 0.114 e. The number of hydrogen-bond acceptors (Lipinski definition) is 0. The first kappa shape index (κ1) is 6.66. The highest BCUT2D eigenvalue weighted by molar-refractivity contribution is 9.14. The molecule has 1 radical (unpaired) electrons. The molecule has 0 aliphatic carbocycles. The third-order valence-corrected chi connectivity index (χ3v) is 1.88. The lowest BCUT2D eigenvalue weighted by atomic mass is 10.7. The summed E-state index contributed by atoms with van der Waals surface area (Å²) in [6.07, 6.45) is 0. The largest absolute Gasteiger partial charge is 0.231 e. The summed E-state index contributed by atoms with van der Waals surface area (Å²) in [6.45, 7) is -0.189. The highest BCUT2D eigenvalue weighted by Crippen LogP contribution is 2.04. The Morgan fingerprint density at radius 2 is 2.33 bits per heavy atom. The molecule has 0 heterocycles. The third-order valence-electron chi connectivity index (χ3n) is 0.256. The van der Waals surface area contributed by atoms with E-state index < -0.39 is 0 Å². The minimum Gasteiger partial charge on any atom is -0.231 e. The number of rotatable bonds is 1. The van der Waals surface area contributed by atoms with Crippen LogP contribution in [0.25, 0.3) is 0 Å². The average Bonchev–Trinajstić information content (AvgIpc) is 1.65. The van der Waals surface area contributed by atoms with Gasteiger partial charge in [0.15, 0.2) is 0 Å². The van der Waals surface area contributed by atoms with E-state index in [0.29, 0.717) is 4.48 Å². The molecular formula is C3H3Br2O. The lowest BCUT2D eigenvalue weighted by Crippen LogP contribution is -1.71. The van der Waals surface area contributed by atoms with E-state index in [0.717, 1.165) is 0 Å². The van der Waals surface area contributed by atoms with Crippen LogP contribution in [0.1, 0.15) is 0 Å². The van der Waals surface area contributed by atoms with Crippen LogP contribution in [0, 0.1) is 0 Å². The van der Waals surface area contributed by atoms with Crippen LogP contribution in [0.5, 0.6) is 0 Å². The van der Waals surface area contributed by atoms with E-state index in [1.165, 1.54) is 0 Å². The molecule has 0 atom stereocenters. The van der Waals surface area contributed by atoms with Crippen LogP contribution in [0.15, 0.2) is 9.47 Å². The van der Waals surface area contributed by atoms with Gasteiger partial charge in [0.25, 0.3) is 0 Å². The van der Waals surface area contributed by atoms with Crippen LogP contribution in [-0.2, 0) is 5.11 Å². The van der Waals surface area contributed by atoms with Crippen molar-refractivity contribution in [3.05, 3.63) is 9.47 Å². The van der Waals surface area contributed by atoms with Crippen molar-refractivity contribution in [2.75, 3.05) is 6.61 Å². The van der Waals surface area contributed by atoms with Crippen molar-refractivity contribution >= 4 is 31.9 Å². The summed E-state index contributed by atoms with van der Waals surface area (Å²) in [4.78, 5) is 1.56. The van der Waals surface area contributed by atoms with E-state index in [1.807, 2.05) is 0 Å². The van der Waals surface area contributed by atoms with Gasteiger partial charge in [0.2, 0.25) is 0 Å². The zero-order valence-corrected chi connectivity index (χ0v) is 6.12. The molecule has 0 bridgehead atoms. The molecule has 0 fully saturated rings. The molecule has 3 heteroatoms. The standard InChI is InChI=1S/C3H3Br2O/c4-1-3(5)2-6/h1H,2H2. The zero-order valence-electron chi connectivity index (χ0n) is 2.95. The summed E-state index contributed by atoms with van der Waals surface area (Å²) in [6, 6.07) is 0. The van der Waals surface area contributed by atoms with Crippen molar-refractivity contribution in [2.45, 2.75) is 0 Å². The van der Waals surface area contributed by atoms with E-state index >= 15 is 0 Å². The second-order valence-electron chi connectivity index (χ2n) is 0.700. The van der Waals surface area contributed by atoms with E-state index in [1.54, 1.807) is 4.99 Å². The first-order valence-corrected chi connectivity index (χ1v) is 3.05. The van der Waals surface area contributed by atoms with Gasteiger partial charge in [-0.2, -0.15) is 0 Å². The molecule has 0 N–H and O–H groups in total. The second kappa shape index (κ2) is 3.84. The average molecular weight is 215 g/mol. The van der Waals surface area contributed by atoms with Gasteiger partial charge in [-0.3, -0.25) is 0 Å². The molecule has 0 aromatic heterocycles. The van der Waals surface area contributed by atoms with Gasteiger partial charge in [0, 0.05) is 4.48 Å². The molecule has 35 valence electrons. The van der Waals surface area contributed by atoms with Crippen molar-refractivity contribution in [1.29, 1.82) is 0 Å². The zero-order chi connectivity index (χ0) is 4.99. The van der Waals surface area contributed by atoms with Gasteiger partial charge in [-0.05, 0) is 4.99 Å². The summed E-state index contributed by atoms with van der Waals surface area (Å²) in [7, 11) is 0. The fraction of sp³-hybridized carbons (Fsp3) is 0.333. The molecule has 0 saturated heterocycles. The summed E-state index contributed by atoms with van der Waals surface area (Å²) in [5.41, 5.74) is 0. The van der Waals surface area contributed by atoms with Crippen molar-refractivity contribution in [1.82, 2.24) is 0 Å².